The molecular formula is C12H20N4O. The first-order chi connectivity index (χ1) is 8.13. The number of aromatic amines is 1. The fourth-order valence-corrected chi connectivity index (χ4v) is 2.49. The molecule has 1 saturated heterocycles. The van der Waals surface area contributed by atoms with Gasteiger partial charge in [0.15, 0.2) is 0 Å². The highest BCUT2D eigenvalue weighted by Crippen LogP contribution is 2.23. The second-order valence-electron chi connectivity index (χ2n) is 4.80. The van der Waals surface area contributed by atoms with Gasteiger partial charge in [-0.2, -0.15) is 0 Å². The summed E-state index contributed by atoms with van der Waals surface area (Å²) in [5, 5.41) is 6.80. The van der Waals surface area contributed by atoms with Crippen molar-refractivity contribution in [1.82, 2.24) is 20.1 Å². The van der Waals surface area contributed by atoms with E-state index in [0.29, 0.717) is 5.82 Å². The van der Waals surface area contributed by atoms with Crippen LogP contribution in [0.1, 0.15) is 56.5 Å². The highest BCUT2D eigenvalue weighted by molar-refractivity contribution is 5.90. The van der Waals surface area contributed by atoms with Crippen molar-refractivity contribution in [2.45, 2.75) is 58.5 Å². The van der Waals surface area contributed by atoms with Crippen LogP contribution in [0, 0.1) is 0 Å². The predicted octanol–water partition coefficient (Wildman–Crippen LogP) is 1.77. The Kier molecular flexibility index (Phi) is 3.45. The van der Waals surface area contributed by atoms with Gasteiger partial charge in [-0.25, -0.2) is 4.98 Å². The van der Waals surface area contributed by atoms with Crippen molar-refractivity contribution in [1.29, 1.82) is 0 Å². The zero-order valence-corrected chi connectivity index (χ0v) is 10.7. The number of nitrogens with one attached hydrogen (secondary N) is 1. The number of piperidine rings is 1. The van der Waals surface area contributed by atoms with Gasteiger partial charge < -0.3 is 4.90 Å². The molecule has 2 rings (SSSR count). The summed E-state index contributed by atoms with van der Waals surface area (Å²) in [7, 11) is 0. The molecule has 0 radical (unpaired) electrons. The maximum atomic E-state index is 12.3. The Balaban J connectivity index is 2.17. The van der Waals surface area contributed by atoms with Gasteiger partial charge in [0.1, 0.15) is 5.82 Å². The summed E-state index contributed by atoms with van der Waals surface area (Å²) in [6, 6.07) is 0.574. The molecule has 1 amide bonds. The Morgan fingerprint density at radius 2 is 2.06 bits per heavy atom. The molecule has 94 valence electrons. The lowest BCUT2D eigenvalue weighted by atomic mass is 9.97. The van der Waals surface area contributed by atoms with Crippen LogP contribution in [0.4, 0.5) is 0 Å². The van der Waals surface area contributed by atoms with E-state index >= 15 is 0 Å². The lowest BCUT2D eigenvalue weighted by Crippen LogP contribution is -2.47. The smallest absolute Gasteiger partial charge is 0.294 e. The normalized spacial score (nSPS) is 25.0. The van der Waals surface area contributed by atoms with Crippen LogP contribution >= 0.6 is 0 Å². The van der Waals surface area contributed by atoms with E-state index in [9.17, 15) is 4.79 Å². The molecule has 1 fully saturated rings. The molecule has 0 unspecified atom stereocenters. The summed E-state index contributed by atoms with van der Waals surface area (Å²) < 4.78 is 0. The van der Waals surface area contributed by atoms with Crippen LogP contribution in [0.5, 0.6) is 0 Å². The van der Waals surface area contributed by atoms with E-state index in [4.69, 9.17) is 0 Å². The van der Waals surface area contributed by atoms with Crippen LogP contribution < -0.4 is 0 Å². The Bertz CT molecular complexity index is 391. The van der Waals surface area contributed by atoms with Crippen LogP contribution in [0.25, 0.3) is 0 Å². The lowest BCUT2D eigenvalue weighted by molar-refractivity contribution is 0.0498. The third-order valence-electron chi connectivity index (χ3n) is 3.49. The van der Waals surface area contributed by atoms with E-state index in [1.54, 1.807) is 0 Å². The second kappa shape index (κ2) is 4.85. The predicted molar refractivity (Wildman–Crippen MR) is 64.7 cm³/mol. The van der Waals surface area contributed by atoms with Gasteiger partial charge in [-0.05, 0) is 33.1 Å². The van der Waals surface area contributed by atoms with Crippen LogP contribution in [0.15, 0.2) is 0 Å². The molecule has 2 heterocycles. The van der Waals surface area contributed by atoms with Crippen LogP contribution in [0.2, 0.25) is 0 Å². The van der Waals surface area contributed by atoms with E-state index < -0.39 is 0 Å². The molecule has 0 bridgehead atoms. The number of hydrogen-bond acceptors (Lipinski definition) is 3. The summed E-state index contributed by atoms with van der Waals surface area (Å²) in [5.41, 5.74) is 0. The highest BCUT2D eigenvalue weighted by Gasteiger charge is 2.31. The standard InChI is InChI=1S/C12H20N4O/c1-4-10-13-11(15-14-10)12(17)16-8(2)6-5-7-9(16)3/h8-9H,4-7H2,1-3H3,(H,13,14,15)/t8-,9+. The average Bonchev–Trinajstić information content (AvgIpc) is 2.77. The van der Waals surface area contributed by atoms with Crippen molar-refractivity contribution >= 4 is 5.91 Å². The van der Waals surface area contributed by atoms with Gasteiger partial charge in [0.05, 0.1) is 0 Å². The molecule has 0 aromatic carbocycles. The van der Waals surface area contributed by atoms with Crippen molar-refractivity contribution in [3.05, 3.63) is 11.6 Å². The monoisotopic (exact) mass is 236 g/mol. The molecular weight excluding hydrogens is 216 g/mol. The molecule has 1 aliphatic rings. The Labute approximate surface area is 102 Å². The Morgan fingerprint density at radius 1 is 1.41 bits per heavy atom. The third-order valence-corrected chi connectivity index (χ3v) is 3.49. The average molecular weight is 236 g/mol. The maximum Gasteiger partial charge on any atom is 0.294 e. The quantitative estimate of drug-likeness (QED) is 0.851. The van der Waals surface area contributed by atoms with Crippen LogP contribution in [0.3, 0.4) is 0 Å². The van der Waals surface area contributed by atoms with E-state index in [0.717, 1.165) is 25.1 Å². The minimum Gasteiger partial charge on any atom is -0.330 e. The first-order valence-electron chi connectivity index (χ1n) is 6.37. The fraction of sp³-hybridized carbons (Fsp3) is 0.750. The van der Waals surface area contributed by atoms with E-state index in [-0.39, 0.29) is 18.0 Å². The molecule has 1 aromatic rings. The van der Waals surface area contributed by atoms with Crippen molar-refractivity contribution in [2.75, 3.05) is 0 Å². The minimum atomic E-state index is -0.0411. The van der Waals surface area contributed by atoms with E-state index in [1.165, 1.54) is 6.42 Å². The number of nitrogens with zero attached hydrogens (tertiary/aromatic N) is 3. The Morgan fingerprint density at radius 3 is 2.59 bits per heavy atom. The molecule has 1 aromatic heterocycles. The van der Waals surface area contributed by atoms with Gasteiger partial charge in [0.25, 0.3) is 5.91 Å². The van der Waals surface area contributed by atoms with Gasteiger partial charge in [0.2, 0.25) is 5.82 Å². The Hall–Kier alpha value is -1.39. The van der Waals surface area contributed by atoms with Crippen molar-refractivity contribution in [3.63, 3.8) is 0 Å². The van der Waals surface area contributed by atoms with E-state index in [2.05, 4.69) is 29.0 Å². The third kappa shape index (κ3) is 2.33. The first-order valence-corrected chi connectivity index (χ1v) is 6.37. The summed E-state index contributed by atoms with van der Waals surface area (Å²) in [4.78, 5) is 18.5. The van der Waals surface area contributed by atoms with Gasteiger partial charge in [-0.3, -0.25) is 9.89 Å². The number of rotatable bonds is 2. The molecule has 5 heteroatoms. The van der Waals surface area contributed by atoms with Crippen LogP contribution in [-0.2, 0) is 6.42 Å². The second-order valence-corrected chi connectivity index (χ2v) is 4.80. The molecule has 17 heavy (non-hydrogen) atoms. The van der Waals surface area contributed by atoms with Crippen molar-refractivity contribution in [2.24, 2.45) is 0 Å². The molecule has 0 aliphatic carbocycles. The highest BCUT2D eigenvalue weighted by atomic mass is 16.2. The van der Waals surface area contributed by atoms with E-state index in [1.807, 2.05) is 11.8 Å². The van der Waals surface area contributed by atoms with Crippen molar-refractivity contribution < 1.29 is 4.79 Å². The number of amides is 1. The summed E-state index contributed by atoms with van der Waals surface area (Å²) in [6.07, 6.45) is 4.11. The topological polar surface area (TPSA) is 61.9 Å². The molecule has 2 atom stereocenters. The minimum absolute atomic E-state index is 0.0411. The number of carbonyl (C=O) groups excluding carboxylic acids is 1. The number of carbonyl (C=O) groups is 1. The fourth-order valence-electron chi connectivity index (χ4n) is 2.49. The lowest BCUT2D eigenvalue weighted by Gasteiger charge is -2.38. The van der Waals surface area contributed by atoms with Gasteiger partial charge in [0, 0.05) is 18.5 Å². The largest absolute Gasteiger partial charge is 0.330 e. The summed E-state index contributed by atoms with van der Waals surface area (Å²) in [5.74, 6) is 1.04. The number of aromatic nitrogens is 3. The van der Waals surface area contributed by atoms with Crippen molar-refractivity contribution in [3.8, 4) is 0 Å². The van der Waals surface area contributed by atoms with Gasteiger partial charge >= 0.3 is 0 Å². The molecule has 0 saturated carbocycles. The maximum absolute atomic E-state index is 12.3. The molecule has 1 N–H and O–H groups in total. The SMILES string of the molecule is CCc1nc(C(=O)N2[C@H](C)CCC[C@@H]2C)n[nH]1. The zero-order chi connectivity index (χ0) is 12.4. The number of aryl methyl sites for hydroxylation is 1. The van der Waals surface area contributed by atoms with Gasteiger partial charge in [-0.1, -0.05) is 6.92 Å². The van der Waals surface area contributed by atoms with Gasteiger partial charge in [-0.15, -0.1) is 5.10 Å². The molecule has 0 spiro atoms. The number of hydrogen-bond donors (Lipinski definition) is 1. The summed E-state index contributed by atoms with van der Waals surface area (Å²) >= 11 is 0. The molecule has 1 aliphatic heterocycles. The summed E-state index contributed by atoms with van der Waals surface area (Å²) in [6.45, 7) is 6.18. The zero-order valence-electron chi connectivity index (χ0n) is 10.7. The van der Waals surface area contributed by atoms with Crippen LogP contribution in [-0.4, -0.2) is 38.1 Å². The first kappa shape index (κ1) is 12.1. The number of H-pyrrole nitrogens is 1. The molecule has 5 nitrogen and oxygen atoms in total. The number of likely N-dealkylation sites (tertiary alicyclic amines) is 1.